The van der Waals surface area contributed by atoms with Gasteiger partial charge in [-0.25, -0.2) is 0 Å². The summed E-state index contributed by atoms with van der Waals surface area (Å²) in [6.45, 7) is 0.913. The molecule has 0 heterocycles. The lowest BCUT2D eigenvalue weighted by Gasteiger charge is -2.24. The van der Waals surface area contributed by atoms with Crippen molar-refractivity contribution in [2.24, 2.45) is 0 Å². The molecule has 1 nitrogen and oxygen atoms in total. The average Bonchev–Trinajstić information content (AvgIpc) is 1.93. The predicted octanol–water partition coefficient (Wildman–Crippen LogP) is 0.204. The van der Waals surface area contributed by atoms with Crippen LogP contribution in [-0.2, 0) is 6.54 Å². The molecule has 0 saturated heterocycles. The van der Waals surface area contributed by atoms with E-state index in [1.807, 2.05) is 12.1 Å². The van der Waals surface area contributed by atoms with Gasteiger partial charge < -0.3 is 16.9 Å². The van der Waals surface area contributed by atoms with E-state index in [1.54, 1.807) is 6.07 Å². The van der Waals surface area contributed by atoms with Crippen LogP contribution in [-0.4, -0.2) is 25.6 Å². The van der Waals surface area contributed by atoms with Gasteiger partial charge in [0.25, 0.3) is 0 Å². The van der Waals surface area contributed by atoms with E-state index in [-0.39, 0.29) is 12.4 Å². The summed E-state index contributed by atoms with van der Waals surface area (Å²) in [4.78, 5) is 0. The third kappa shape index (κ3) is 4.52. The van der Waals surface area contributed by atoms with E-state index in [9.17, 15) is 0 Å². The van der Waals surface area contributed by atoms with Gasteiger partial charge in [0.05, 0.1) is 26.2 Å². The van der Waals surface area contributed by atoms with E-state index in [1.165, 1.54) is 0 Å². The second-order valence-corrected chi connectivity index (χ2v) is 5.03. The fourth-order valence-electron chi connectivity index (χ4n) is 1.16. The summed E-state index contributed by atoms with van der Waals surface area (Å²) < 4.78 is 0.862. The van der Waals surface area contributed by atoms with Crippen LogP contribution in [0.5, 0.6) is 0 Å². The van der Waals surface area contributed by atoms with Crippen LogP contribution in [0.25, 0.3) is 0 Å². The van der Waals surface area contributed by atoms with E-state index in [0.717, 1.165) is 21.6 Å². The van der Waals surface area contributed by atoms with Gasteiger partial charge in [-0.15, -0.1) is 0 Å². The zero-order valence-electron chi connectivity index (χ0n) is 8.52. The maximum absolute atomic E-state index is 6.04. The second kappa shape index (κ2) is 5.22. The molecular formula is C10H14Cl3N. The summed E-state index contributed by atoms with van der Waals surface area (Å²) in [6, 6.07) is 5.64. The van der Waals surface area contributed by atoms with Gasteiger partial charge >= 0.3 is 0 Å². The molecule has 0 spiro atoms. The molecule has 4 heteroatoms. The van der Waals surface area contributed by atoms with Gasteiger partial charge in [0.1, 0.15) is 6.54 Å². The Bertz CT molecular complexity index is 305. The largest absolute Gasteiger partial charge is 1.00 e. The minimum atomic E-state index is 0. The summed E-state index contributed by atoms with van der Waals surface area (Å²) in [5.74, 6) is 0. The van der Waals surface area contributed by atoms with Crippen LogP contribution < -0.4 is 12.4 Å². The van der Waals surface area contributed by atoms with E-state index in [0.29, 0.717) is 5.02 Å². The lowest BCUT2D eigenvalue weighted by atomic mass is 10.2. The Morgan fingerprint density at radius 1 is 1.14 bits per heavy atom. The van der Waals surface area contributed by atoms with Crippen LogP contribution in [0.4, 0.5) is 0 Å². The molecular weight excluding hydrogens is 240 g/mol. The molecule has 0 fully saturated rings. The molecule has 80 valence electrons. The van der Waals surface area contributed by atoms with Crippen LogP contribution in [0, 0.1) is 0 Å². The maximum atomic E-state index is 6.04. The molecule has 0 aliphatic carbocycles. The number of benzene rings is 1. The van der Waals surface area contributed by atoms with Crippen LogP contribution in [0.2, 0.25) is 10.0 Å². The van der Waals surface area contributed by atoms with Crippen molar-refractivity contribution in [2.45, 2.75) is 6.54 Å². The van der Waals surface area contributed by atoms with E-state index < -0.39 is 0 Å². The molecule has 1 aromatic rings. The summed E-state index contributed by atoms with van der Waals surface area (Å²) in [7, 11) is 6.39. The van der Waals surface area contributed by atoms with Crippen molar-refractivity contribution in [1.29, 1.82) is 0 Å². The lowest BCUT2D eigenvalue weighted by Crippen LogP contribution is -3.00. The third-order valence-corrected chi connectivity index (χ3v) is 2.25. The summed E-state index contributed by atoms with van der Waals surface area (Å²) in [5.41, 5.74) is 1.14. The highest BCUT2D eigenvalue weighted by Crippen LogP contribution is 2.22. The highest BCUT2D eigenvalue weighted by atomic mass is 35.5. The molecule has 0 atom stereocenters. The molecule has 14 heavy (non-hydrogen) atoms. The Hall–Kier alpha value is 0.0500. The summed E-state index contributed by atoms with van der Waals surface area (Å²) >= 11 is 11.8. The molecule has 0 radical (unpaired) electrons. The Morgan fingerprint density at radius 2 is 1.71 bits per heavy atom. The zero-order valence-corrected chi connectivity index (χ0v) is 10.8. The first-order chi connectivity index (χ1) is 5.88. The Kier molecular flexibility index (Phi) is 5.24. The molecule has 1 rings (SSSR count). The SMILES string of the molecule is C[N+](C)(C)Cc1ccc(Cl)cc1Cl.[Cl-]. The smallest absolute Gasteiger partial charge is 0.105 e. The molecule has 0 bridgehead atoms. The highest BCUT2D eigenvalue weighted by Gasteiger charge is 2.11. The van der Waals surface area contributed by atoms with Gasteiger partial charge in [-0.3, -0.25) is 0 Å². The molecule has 0 amide bonds. The Labute approximate surface area is 102 Å². The number of hydrogen-bond acceptors (Lipinski definition) is 0. The minimum Gasteiger partial charge on any atom is -1.00 e. The zero-order chi connectivity index (χ0) is 10.1. The highest BCUT2D eigenvalue weighted by molar-refractivity contribution is 6.35. The lowest BCUT2D eigenvalue weighted by molar-refractivity contribution is -0.883. The predicted molar refractivity (Wildman–Crippen MR) is 58.2 cm³/mol. The van der Waals surface area contributed by atoms with Crippen LogP contribution in [0.15, 0.2) is 18.2 Å². The summed E-state index contributed by atoms with van der Waals surface area (Å²) in [6.07, 6.45) is 0. The second-order valence-electron chi connectivity index (χ2n) is 4.18. The van der Waals surface area contributed by atoms with Crippen molar-refractivity contribution in [1.82, 2.24) is 0 Å². The van der Waals surface area contributed by atoms with Crippen LogP contribution in [0.1, 0.15) is 5.56 Å². The minimum absolute atomic E-state index is 0. The molecule has 0 N–H and O–H groups in total. The van der Waals surface area contributed by atoms with E-state index in [4.69, 9.17) is 23.2 Å². The van der Waals surface area contributed by atoms with Gasteiger partial charge in [0.2, 0.25) is 0 Å². The molecule has 0 unspecified atom stereocenters. The Morgan fingerprint density at radius 3 is 2.14 bits per heavy atom. The van der Waals surface area contributed by atoms with Crippen molar-refractivity contribution >= 4 is 23.2 Å². The van der Waals surface area contributed by atoms with Crippen LogP contribution >= 0.6 is 23.2 Å². The number of rotatable bonds is 2. The number of nitrogens with zero attached hydrogens (tertiary/aromatic N) is 1. The fourth-order valence-corrected chi connectivity index (χ4v) is 1.63. The van der Waals surface area contributed by atoms with Gasteiger partial charge in [0.15, 0.2) is 0 Å². The standard InChI is InChI=1S/C10H14Cl2N.ClH/c1-13(2,3)7-8-4-5-9(11)6-10(8)12;/h4-6H,7H2,1-3H3;1H/q+1;/p-1. The summed E-state index contributed by atoms with van der Waals surface area (Å²) in [5, 5.41) is 1.44. The molecule has 1 aromatic carbocycles. The van der Waals surface area contributed by atoms with Gasteiger partial charge in [-0.05, 0) is 12.1 Å². The quantitative estimate of drug-likeness (QED) is 0.662. The Balaban J connectivity index is 0.00000169. The van der Waals surface area contributed by atoms with Gasteiger partial charge in [0, 0.05) is 10.6 Å². The van der Waals surface area contributed by atoms with Crippen molar-refractivity contribution in [3.63, 3.8) is 0 Å². The van der Waals surface area contributed by atoms with E-state index in [2.05, 4.69) is 21.1 Å². The first-order valence-electron chi connectivity index (χ1n) is 4.13. The normalized spacial score (nSPS) is 10.9. The van der Waals surface area contributed by atoms with Crippen molar-refractivity contribution < 1.29 is 16.9 Å². The molecule has 0 aliphatic heterocycles. The van der Waals surface area contributed by atoms with Crippen molar-refractivity contribution in [2.75, 3.05) is 21.1 Å². The van der Waals surface area contributed by atoms with Gasteiger partial charge in [-0.1, -0.05) is 29.3 Å². The van der Waals surface area contributed by atoms with E-state index >= 15 is 0 Å². The molecule has 0 aromatic heterocycles. The molecule has 0 saturated carbocycles. The number of quaternary nitrogens is 1. The molecule has 0 aliphatic rings. The van der Waals surface area contributed by atoms with Crippen molar-refractivity contribution in [3.05, 3.63) is 33.8 Å². The topological polar surface area (TPSA) is 0 Å². The van der Waals surface area contributed by atoms with Crippen molar-refractivity contribution in [3.8, 4) is 0 Å². The number of halogens is 3. The average molecular weight is 255 g/mol. The number of hydrogen-bond donors (Lipinski definition) is 0. The third-order valence-electron chi connectivity index (χ3n) is 1.66. The first-order valence-corrected chi connectivity index (χ1v) is 4.88. The van der Waals surface area contributed by atoms with Gasteiger partial charge in [-0.2, -0.15) is 0 Å². The monoisotopic (exact) mass is 253 g/mol. The van der Waals surface area contributed by atoms with Crippen LogP contribution in [0.3, 0.4) is 0 Å². The maximum Gasteiger partial charge on any atom is 0.105 e. The first kappa shape index (κ1) is 14.1. The fraction of sp³-hybridized carbons (Fsp3) is 0.400.